The van der Waals surface area contributed by atoms with Gasteiger partial charge in [-0.3, -0.25) is 19.3 Å². The molecule has 0 spiro atoms. The highest BCUT2D eigenvalue weighted by atomic mass is 19.1. The first-order chi connectivity index (χ1) is 12.5. The third-order valence-electron chi connectivity index (χ3n) is 4.20. The van der Waals surface area contributed by atoms with Crippen LogP contribution in [0.3, 0.4) is 0 Å². The zero-order valence-corrected chi connectivity index (χ0v) is 14.3. The Hall–Kier alpha value is -3.02. The number of hydrogen-bond acceptors (Lipinski definition) is 4. The van der Waals surface area contributed by atoms with Crippen molar-refractivity contribution in [2.75, 3.05) is 6.54 Å². The number of imide groups is 1. The fourth-order valence-corrected chi connectivity index (χ4v) is 2.81. The Bertz CT molecular complexity index is 861. The molecule has 0 N–H and O–H groups in total. The van der Waals surface area contributed by atoms with Gasteiger partial charge in [0.15, 0.2) is 0 Å². The van der Waals surface area contributed by atoms with Gasteiger partial charge in [-0.05, 0) is 43.2 Å². The van der Waals surface area contributed by atoms with Gasteiger partial charge in [-0.25, -0.2) is 4.39 Å². The molecule has 0 atom stereocenters. The topological polar surface area (TPSA) is 63.7 Å². The van der Waals surface area contributed by atoms with Crippen molar-refractivity contribution in [2.24, 2.45) is 0 Å². The predicted molar refractivity (Wildman–Crippen MR) is 92.0 cm³/mol. The summed E-state index contributed by atoms with van der Waals surface area (Å²) >= 11 is 0. The van der Waals surface area contributed by atoms with Crippen LogP contribution in [-0.4, -0.2) is 29.2 Å². The Labute approximate surface area is 150 Å². The minimum absolute atomic E-state index is 0.0609. The van der Waals surface area contributed by atoms with Gasteiger partial charge in [-0.2, -0.15) is 0 Å². The van der Waals surface area contributed by atoms with Crippen LogP contribution in [0.1, 0.15) is 44.7 Å². The number of aryl methyl sites for hydroxylation is 1. The smallest absolute Gasteiger partial charge is 0.306 e. The normalized spacial score (nSPS) is 13.1. The third-order valence-corrected chi connectivity index (χ3v) is 4.20. The maximum atomic E-state index is 12.8. The number of benzene rings is 2. The van der Waals surface area contributed by atoms with E-state index in [1.54, 1.807) is 30.3 Å². The molecule has 0 saturated heterocycles. The Morgan fingerprint density at radius 1 is 1.04 bits per heavy atom. The second-order valence-corrected chi connectivity index (χ2v) is 6.20. The quantitative estimate of drug-likeness (QED) is 0.589. The molecule has 0 unspecified atom stereocenters. The highest BCUT2D eigenvalue weighted by Crippen LogP contribution is 2.24. The molecule has 0 aliphatic carbocycles. The van der Waals surface area contributed by atoms with Crippen LogP contribution in [0.4, 0.5) is 4.39 Å². The Morgan fingerprint density at radius 2 is 1.73 bits per heavy atom. The maximum Gasteiger partial charge on any atom is 0.306 e. The summed E-state index contributed by atoms with van der Waals surface area (Å²) < 4.78 is 17.9. The van der Waals surface area contributed by atoms with E-state index in [1.165, 1.54) is 12.1 Å². The number of carbonyl (C=O) groups is 3. The van der Waals surface area contributed by atoms with E-state index in [2.05, 4.69) is 0 Å². The zero-order chi connectivity index (χ0) is 18.7. The van der Waals surface area contributed by atoms with Crippen LogP contribution in [0, 0.1) is 12.7 Å². The van der Waals surface area contributed by atoms with Crippen LogP contribution >= 0.6 is 0 Å². The summed E-state index contributed by atoms with van der Waals surface area (Å²) in [6.45, 7) is 2.08. The largest absolute Gasteiger partial charge is 0.461 e. The van der Waals surface area contributed by atoms with Gasteiger partial charge in [-0.1, -0.05) is 23.8 Å². The minimum atomic E-state index is -0.429. The second kappa shape index (κ2) is 7.47. The highest BCUT2D eigenvalue weighted by molar-refractivity contribution is 6.21. The molecule has 0 fully saturated rings. The molecule has 134 valence electrons. The molecular formula is C20H18FNO4. The molecular weight excluding hydrogens is 337 g/mol. The first kappa shape index (κ1) is 17.8. The van der Waals surface area contributed by atoms with Crippen LogP contribution in [0.2, 0.25) is 0 Å². The molecule has 2 amide bonds. The van der Waals surface area contributed by atoms with Crippen molar-refractivity contribution in [1.29, 1.82) is 0 Å². The molecule has 2 aromatic rings. The average molecular weight is 355 g/mol. The van der Waals surface area contributed by atoms with Crippen molar-refractivity contribution in [2.45, 2.75) is 26.4 Å². The number of hydrogen-bond donors (Lipinski definition) is 0. The molecule has 5 nitrogen and oxygen atoms in total. The SMILES string of the molecule is Cc1ccc2c(c1)C(=O)N(CCCC(=O)OCc1ccc(F)cc1)C2=O. The molecule has 3 rings (SSSR count). The van der Waals surface area contributed by atoms with Gasteiger partial charge in [0, 0.05) is 13.0 Å². The van der Waals surface area contributed by atoms with Crippen molar-refractivity contribution >= 4 is 17.8 Å². The Kier molecular flexibility index (Phi) is 5.11. The molecule has 2 aromatic carbocycles. The standard InChI is InChI=1S/C20H18FNO4/c1-13-4-9-16-17(11-13)20(25)22(19(16)24)10-2-3-18(23)26-12-14-5-7-15(21)8-6-14/h4-9,11H,2-3,10,12H2,1H3. The van der Waals surface area contributed by atoms with Gasteiger partial charge < -0.3 is 4.74 Å². The summed E-state index contributed by atoms with van der Waals surface area (Å²) in [5, 5.41) is 0. The highest BCUT2D eigenvalue weighted by Gasteiger charge is 2.34. The first-order valence-electron chi connectivity index (χ1n) is 8.32. The van der Waals surface area contributed by atoms with E-state index in [9.17, 15) is 18.8 Å². The molecule has 1 aliphatic rings. The van der Waals surface area contributed by atoms with Crippen molar-refractivity contribution in [3.8, 4) is 0 Å². The van der Waals surface area contributed by atoms with Crippen LogP contribution in [0.5, 0.6) is 0 Å². The summed E-state index contributed by atoms with van der Waals surface area (Å²) in [4.78, 5) is 37.6. The number of esters is 1. The van der Waals surface area contributed by atoms with Gasteiger partial charge in [0.2, 0.25) is 0 Å². The number of nitrogens with zero attached hydrogens (tertiary/aromatic N) is 1. The van der Waals surface area contributed by atoms with Crippen molar-refractivity contribution in [3.05, 3.63) is 70.5 Å². The summed E-state index contributed by atoms with van der Waals surface area (Å²) in [5.41, 5.74) is 2.42. The third kappa shape index (κ3) is 3.79. The average Bonchev–Trinajstić information content (AvgIpc) is 2.85. The van der Waals surface area contributed by atoms with Crippen LogP contribution in [0.15, 0.2) is 42.5 Å². The number of amides is 2. The van der Waals surface area contributed by atoms with Crippen molar-refractivity contribution in [3.63, 3.8) is 0 Å². The van der Waals surface area contributed by atoms with Gasteiger partial charge in [0.05, 0.1) is 11.1 Å². The second-order valence-electron chi connectivity index (χ2n) is 6.20. The number of carbonyl (C=O) groups excluding carboxylic acids is 3. The molecule has 0 aromatic heterocycles. The number of halogens is 1. The van der Waals surface area contributed by atoms with Gasteiger partial charge in [0.25, 0.3) is 11.8 Å². The zero-order valence-electron chi connectivity index (χ0n) is 14.3. The lowest BCUT2D eigenvalue weighted by Gasteiger charge is -2.13. The summed E-state index contributed by atoms with van der Waals surface area (Å²) in [6, 6.07) is 10.8. The fraction of sp³-hybridized carbons (Fsp3) is 0.250. The van der Waals surface area contributed by atoms with E-state index in [0.29, 0.717) is 23.1 Å². The lowest BCUT2D eigenvalue weighted by molar-refractivity contribution is -0.145. The summed E-state index contributed by atoms with van der Waals surface area (Å²) in [6.07, 6.45) is 0.417. The van der Waals surface area contributed by atoms with Crippen LogP contribution in [0.25, 0.3) is 0 Å². The fourth-order valence-electron chi connectivity index (χ4n) is 2.81. The van der Waals surface area contributed by atoms with Gasteiger partial charge in [-0.15, -0.1) is 0 Å². The van der Waals surface area contributed by atoms with Crippen LogP contribution < -0.4 is 0 Å². The molecule has 26 heavy (non-hydrogen) atoms. The predicted octanol–water partition coefficient (Wildman–Crippen LogP) is 3.25. The first-order valence-corrected chi connectivity index (χ1v) is 8.32. The van der Waals surface area contributed by atoms with Gasteiger partial charge >= 0.3 is 5.97 Å². The summed E-state index contributed by atoms with van der Waals surface area (Å²) in [7, 11) is 0. The number of rotatable bonds is 6. The molecule has 0 bridgehead atoms. The van der Waals surface area contributed by atoms with Crippen LogP contribution in [-0.2, 0) is 16.1 Å². The lowest BCUT2D eigenvalue weighted by atomic mass is 10.1. The van der Waals surface area contributed by atoms with Crippen molar-refractivity contribution < 1.29 is 23.5 Å². The van der Waals surface area contributed by atoms with E-state index >= 15 is 0 Å². The minimum Gasteiger partial charge on any atom is -0.461 e. The van der Waals surface area contributed by atoms with E-state index < -0.39 is 5.97 Å². The van der Waals surface area contributed by atoms with E-state index in [1.807, 2.05) is 6.92 Å². The molecule has 6 heteroatoms. The maximum absolute atomic E-state index is 12.8. The molecule has 0 radical (unpaired) electrons. The molecule has 0 saturated carbocycles. The van der Waals surface area contributed by atoms with E-state index in [0.717, 1.165) is 10.5 Å². The number of fused-ring (bicyclic) bond motifs is 1. The summed E-state index contributed by atoms with van der Waals surface area (Å²) in [5.74, 6) is -1.43. The van der Waals surface area contributed by atoms with Gasteiger partial charge in [0.1, 0.15) is 12.4 Å². The molecule has 1 aliphatic heterocycles. The Balaban J connectivity index is 1.47. The van der Waals surface area contributed by atoms with E-state index in [-0.39, 0.29) is 37.2 Å². The molecule has 1 heterocycles. The monoisotopic (exact) mass is 355 g/mol. The lowest BCUT2D eigenvalue weighted by Crippen LogP contribution is -2.31. The number of ether oxygens (including phenoxy) is 1. The Morgan fingerprint density at radius 3 is 2.46 bits per heavy atom. The van der Waals surface area contributed by atoms with Crippen molar-refractivity contribution in [1.82, 2.24) is 4.90 Å². The van der Waals surface area contributed by atoms with E-state index in [4.69, 9.17) is 4.74 Å².